The number of rotatable bonds is 5. The Morgan fingerprint density at radius 1 is 1.22 bits per heavy atom. The van der Waals surface area contributed by atoms with Crippen molar-refractivity contribution in [3.05, 3.63) is 57.5 Å². The lowest BCUT2D eigenvalue weighted by molar-refractivity contribution is 0.0475. The van der Waals surface area contributed by atoms with Crippen LogP contribution in [-0.2, 0) is 4.74 Å². The predicted octanol–water partition coefficient (Wildman–Crippen LogP) is 2.42. The van der Waals surface area contributed by atoms with E-state index in [1.807, 2.05) is 0 Å². The second kappa shape index (κ2) is 6.67. The molecule has 9 heteroatoms. The number of esters is 1. The second-order valence-corrected chi connectivity index (χ2v) is 6.09. The first-order valence-electron chi connectivity index (χ1n) is 6.43. The number of nitrogens with zero attached hydrogens (tertiary/aromatic N) is 4. The van der Waals surface area contributed by atoms with Gasteiger partial charge < -0.3 is 4.74 Å². The molecule has 23 heavy (non-hydrogen) atoms. The van der Waals surface area contributed by atoms with Crippen molar-refractivity contribution in [2.45, 2.75) is 0 Å². The summed E-state index contributed by atoms with van der Waals surface area (Å²) in [6, 6.07) is 9.89. The average molecular weight is 349 g/mol. The summed E-state index contributed by atoms with van der Waals surface area (Å²) in [5.41, 5.74) is 0.728. The third-order valence-electron chi connectivity index (χ3n) is 2.90. The highest BCUT2D eigenvalue weighted by Crippen LogP contribution is 2.22. The first-order valence-corrected chi connectivity index (χ1v) is 7.62. The zero-order valence-corrected chi connectivity index (χ0v) is 13.1. The summed E-state index contributed by atoms with van der Waals surface area (Å²) in [5.74, 6) is -0.942. The molecule has 0 bridgehead atoms. The van der Waals surface area contributed by atoms with Crippen molar-refractivity contribution in [3.8, 4) is 5.69 Å². The van der Waals surface area contributed by atoms with Gasteiger partial charge in [0.05, 0.1) is 20.5 Å². The molecule has 2 heterocycles. The van der Waals surface area contributed by atoms with Crippen molar-refractivity contribution in [1.29, 1.82) is 0 Å². The largest absolute Gasteiger partial charge is 0.454 e. The lowest BCUT2D eigenvalue weighted by Crippen LogP contribution is -2.15. The fourth-order valence-electron chi connectivity index (χ4n) is 1.86. The van der Waals surface area contributed by atoms with Crippen LogP contribution in [0, 0.1) is 0 Å². The van der Waals surface area contributed by atoms with Crippen LogP contribution in [0.1, 0.15) is 20.0 Å². The Labute approximate surface area is 139 Å². The standard InChI is InChI=1S/C14H9ClN4O3S/c15-13-6-5-12(23-13)11(20)7-22-14(21)9-3-1-2-4-10(9)19-8-16-17-18-19/h1-6,8H,7H2. The molecule has 0 atom stereocenters. The number of ketones is 1. The summed E-state index contributed by atoms with van der Waals surface area (Å²) in [6.45, 7) is -0.361. The van der Waals surface area contributed by atoms with Crippen LogP contribution >= 0.6 is 22.9 Å². The minimum absolute atomic E-state index is 0.261. The Balaban J connectivity index is 1.73. The molecule has 0 fully saturated rings. The Bertz CT molecular complexity index is 847. The third-order valence-corrected chi connectivity index (χ3v) is 4.17. The quantitative estimate of drug-likeness (QED) is 0.520. The number of para-hydroxylation sites is 1. The maximum absolute atomic E-state index is 12.2. The lowest BCUT2D eigenvalue weighted by Gasteiger charge is -2.08. The molecule has 0 aliphatic rings. The monoisotopic (exact) mass is 348 g/mol. The number of hydrogen-bond donors (Lipinski definition) is 0. The molecular weight excluding hydrogens is 340 g/mol. The van der Waals surface area contributed by atoms with Gasteiger partial charge in [-0.15, -0.1) is 16.4 Å². The maximum atomic E-state index is 12.2. The van der Waals surface area contributed by atoms with Gasteiger partial charge in [-0.2, -0.15) is 4.68 Å². The van der Waals surface area contributed by atoms with Crippen LogP contribution in [0.15, 0.2) is 42.7 Å². The Morgan fingerprint density at radius 3 is 2.74 bits per heavy atom. The van der Waals surface area contributed by atoms with E-state index in [1.54, 1.807) is 36.4 Å². The molecule has 0 N–H and O–H groups in total. The van der Waals surface area contributed by atoms with E-state index in [0.29, 0.717) is 14.9 Å². The lowest BCUT2D eigenvalue weighted by atomic mass is 10.2. The van der Waals surface area contributed by atoms with Gasteiger partial charge in [-0.1, -0.05) is 23.7 Å². The highest BCUT2D eigenvalue weighted by molar-refractivity contribution is 7.18. The smallest absolute Gasteiger partial charge is 0.340 e. The fourth-order valence-corrected chi connectivity index (χ4v) is 2.83. The molecule has 0 aliphatic heterocycles. The number of carbonyl (C=O) groups is 2. The molecule has 0 aliphatic carbocycles. The summed E-state index contributed by atoms with van der Waals surface area (Å²) in [5, 5.41) is 10.8. The number of ether oxygens (including phenoxy) is 1. The summed E-state index contributed by atoms with van der Waals surface area (Å²) in [7, 11) is 0. The molecule has 3 aromatic rings. The van der Waals surface area contributed by atoms with Gasteiger partial charge >= 0.3 is 5.97 Å². The molecule has 1 aromatic carbocycles. The van der Waals surface area contributed by atoms with E-state index in [-0.39, 0.29) is 18.0 Å². The number of Topliss-reactive ketones (excluding diaryl/α,β-unsaturated/α-hetero) is 1. The summed E-state index contributed by atoms with van der Waals surface area (Å²) in [6.07, 6.45) is 1.37. The van der Waals surface area contributed by atoms with E-state index in [9.17, 15) is 9.59 Å². The van der Waals surface area contributed by atoms with Crippen LogP contribution in [0.2, 0.25) is 4.34 Å². The molecule has 0 saturated carbocycles. The van der Waals surface area contributed by atoms with Crippen LogP contribution in [0.4, 0.5) is 0 Å². The molecule has 0 spiro atoms. The topological polar surface area (TPSA) is 87.0 Å². The van der Waals surface area contributed by atoms with E-state index < -0.39 is 5.97 Å². The normalized spacial score (nSPS) is 10.5. The van der Waals surface area contributed by atoms with Gasteiger partial charge in [-0.25, -0.2) is 4.79 Å². The molecular formula is C14H9ClN4O3S. The van der Waals surface area contributed by atoms with Crippen molar-refractivity contribution in [2.75, 3.05) is 6.61 Å². The van der Waals surface area contributed by atoms with Crippen molar-refractivity contribution in [3.63, 3.8) is 0 Å². The Hall–Kier alpha value is -2.58. The molecule has 2 aromatic heterocycles. The zero-order chi connectivity index (χ0) is 16.2. The Morgan fingerprint density at radius 2 is 2.04 bits per heavy atom. The highest BCUT2D eigenvalue weighted by Gasteiger charge is 2.17. The minimum atomic E-state index is -0.632. The van der Waals surface area contributed by atoms with Gasteiger partial charge in [-0.05, 0) is 34.7 Å². The third kappa shape index (κ3) is 3.43. The van der Waals surface area contributed by atoms with Gasteiger partial charge in [0.15, 0.2) is 6.61 Å². The van der Waals surface area contributed by atoms with Gasteiger partial charge in [0.25, 0.3) is 0 Å². The number of halogens is 1. The molecule has 0 unspecified atom stereocenters. The highest BCUT2D eigenvalue weighted by atomic mass is 35.5. The fraction of sp³-hybridized carbons (Fsp3) is 0.0714. The van der Waals surface area contributed by atoms with Crippen LogP contribution in [0.5, 0.6) is 0 Å². The van der Waals surface area contributed by atoms with E-state index >= 15 is 0 Å². The van der Waals surface area contributed by atoms with Crippen molar-refractivity contribution in [2.24, 2.45) is 0 Å². The predicted molar refractivity (Wildman–Crippen MR) is 83.1 cm³/mol. The van der Waals surface area contributed by atoms with E-state index in [2.05, 4.69) is 15.5 Å². The number of benzene rings is 1. The van der Waals surface area contributed by atoms with Crippen LogP contribution in [0.25, 0.3) is 5.69 Å². The van der Waals surface area contributed by atoms with E-state index in [4.69, 9.17) is 16.3 Å². The van der Waals surface area contributed by atoms with Crippen molar-refractivity contribution < 1.29 is 14.3 Å². The van der Waals surface area contributed by atoms with Gasteiger partial charge in [0.2, 0.25) is 5.78 Å². The minimum Gasteiger partial charge on any atom is -0.454 e. The second-order valence-electron chi connectivity index (χ2n) is 4.37. The molecule has 0 radical (unpaired) electrons. The molecule has 3 rings (SSSR count). The van der Waals surface area contributed by atoms with E-state index in [1.165, 1.54) is 11.0 Å². The van der Waals surface area contributed by atoms with Crippen LogP contribution in [0.3, 0.4) is 0 Å². The molecule has 0 saturated heterocycles. The van der Waals surface area contributed by atoms with Crippen molar-refractivity contribution in [1.82, 2.24) is 20.2 Å². The van der Waals surface area contributed by atoms with Gasteiger partial charge in [0, 0.05) is 0 Å². The van der Waals surface area contributed by atoms with Gasteiger partial charge in [-0.3, -0.25) is 4.79 Å². The molecule has 116 valence electrons. The maximum Gasteiger partial charge on any atom is 0.340 e. The SMILES string of the molecule is O=C(COC(=O)c1ccccc1-n1cnnn1)c1ccc(Cl)s1. The van der Waals surface area contributed by atoms with Crippen molar-refractivity contribution >= 4 is 34.7 Å². The first-order chi connectivity index (χ1) is 11.1. The van der Waals surface area contributed by atoms with Gasteiger partial charge in [0.1, 0.15) is 6.33 Å². The number of aromatic nitrogens is 4. The number of hydrogen-bond acceptors (Lipinski definition) is 7. The summed E-state index contributed by atoms with van der Waals surface area (Å²) >= 11 is 6.92. The van der Waals surface area contributed by atoms with Crippen LogP contribution < -0.4 is 0 Å². The van der Waals surface area contributed by atoms with Crippen LogP contribution in [-0.4, -0.2) is 38.6 Å². The number of tetrazole rings is 1. The number of carbonyl (C=O) groups excluding carboxylic acids is 2. The average Bonchev–Trinajstić information content (AvgIpc) is 3.24. The molecule has 7 nitrogen and oxygen atoms in total. The Kier molecular flexibility index (Phi) is 4.45. The van der Waals surface area contributed by atoms with E-state index in [0.717, 1.165) is 11.3 Å². The first kappa shape index (κ1) is 15.3. The molecule has 0 amide bonds. The summed E-state index contributed by atoms with van der Waals surface area (Å²) < 4.78 is 6.93. The number of thiophene rings is 1. The zero-order valence-electron chi connectivity index (χ0n) is 11.5. The summed E-state index contributed by atoms with van der Waals surface area (Å²) in [4.78, 5) is 24.6.